The lowest BCUT2D eigenvalue weighted by Gasteiger charge is -2.33. The summed E-state index contributed by atoms with van der Waals surface area (Å²) in [6.45, 7) is 3.64. The van der Waals surface area contributed by atoms with E-state index in [-0.39, 0.29) is 24.1 Å². The van der Waals surface area contributed by atoms with Crippen molar-refractivity contribution in [2.75, 3.05) is 19.8 Å². The van der Waals surface area contributed by atoms with Gasteiger partial charge in [0, 0.05) is 25.1 Å². The van der Waals surface area contributed by atoms with E-state index in [4.69, 9.17) is 9.47 Å². The number of fused-ring (bicyclic) bond motifs is 2. The molecule has 0 bridgehead atoms. The highest BCUT2D eigenvalue weighted by molar-refractivity contribution is 5.80. The van der Waals surface area contributed by atoms with Crippen LogP contribution in [0, 0.1) is 5.82 Å². The van der Waals surface area contributed by atoms with Crippen molar-refractivity contribution in [1.82, 2.24) is 4.90 Å². The number of amides is 1. The first kappa shape index (κ1) is 24.8. The second-order valence-corrected chi connectivity index (χ2v) is 9.53. The third kappa shape index (κ3) is 5.17. The monoisotopic (exact) mass is 503 g/mol. The summed E-state index contributed by atoms with van der Waals surface area (Å²) in [7, 11) is 0. The fourth-order valence-electron chi connectivity index (χ4n) is 5.42. The van der Waals surface area contributed by atoms with Gasteiger partial charge in [-0.25, -0.2) is 4.39 Å². The van der Waals surface area contributed by atoms with Gasteiger partial charge in [-0.15, -0.1) is 0 Å². The van der Waals surface area contributed by atoms with E-state index in [0.717, 1.165) is 28.9 Å². The van der Waals surface area contributed by atoms with Gasteiger partial charge < -0.3 is 19.5 Å². The van der Waals surface area contributed by atoms with E-state index < -0.39 is 5.97 Å². The molecule has 0 aliphatic carbocycles. The van der Waals surface area contributed by atoms with Crippen LogP contribution in [0.5, 0.6) is 11.5 Å². The second-order valence-electron chi connectivity index (χ2n) is 9.53. The Balaban J connectivity index is 1.45. The molecule has 3 aromatic carbocycles. The van der Waals surface area contributed by atoms with E-state index in [9.17, 15) is 19.1 Å². The second kappa shape index (κ2) is 10.6. The summed E-state index contributed by atoms with van der Waals surface area (Å²) >= 11 is 0. The van der Waals surface area contributed by atoms with Gasteiger partial charge in [0.05, 0.1) is 19.6 Å². The predicted octanol–water partition coefficient (Wildman–Crippen LogP) is 5.36. The number of carboxylic acid groups (broad SMARTS) is 1. The molecule has 2 aliphatic heterocycles. The molecule has 37 heavy (non-hydrogen) atoms. The van der Waals surface area contributed by atoms with Crippen LogP contribution in [0.15, 0.2) is 54.6 Å². The number of carboxylic acids is 1. The number of aliphatic carboxylic acids is 1. The Bertz CT molecular complexity index is 1340. The van der Waals surface area contributed by atoms with Crippen molar-refractivity contribution < 1.29 is 28.6 Å². The summed E-state index contributed by atoms with van der Waals surface area (Å²) < 4.78 is 26.5. The van der Waals surface area contributed by atoms with Crippen LogP contribution in [0.4, 0.5) is 4.39 Å². The minimum absolute atomic E-state index is 0.0345. The average Bonchev–Trinajstić information content (AvgIpc) is 2.90. The third-order valence-electron chi connectivity index (χ3n) is 7.20. The van der Waals surface area contributed by atoms with Gasteiger partial charge in [0.25, 0.3) is 0 Å². The van der Waals surface area contributed by atoms with E-state index in [1.54, 1.807) is 24.3 Å². The van der Waals surface area contributed by atoms with Gasteiger partial charge in [-0.2, -0.15) is 0 Å². The molecule has 1 unspecified atom stereocenters. The number of carbonyl (C=O) groups excluding carboxylic acids is 1. The molecule has 1 atom stereocenters. The lowest BCUT2D eigenvalue weighted by Crippen LogP contribution is -2.37. The predicted molar refractivity (Wildman–Crippen MR) is 137 cm³/mol. The number of carbonyl (C=O) groups is 2. The number of hydrogen-bond donors (Lipinski definition) is 1. The topological polar surface area (TPSA) is 76.1 Å². The first-order valence-corrected chi connectivity index (χ1v) is 12.7. The normalized spacial score (nSPS) is 16.4. The molecule has 5 rings (SSSR count). The fourth-order valence-corrected chi connectivity index (χ4v) is 5.42. The Morgan fingerprint density at radius 3 is 2.76 bits per heavy atom. The Labute approximate surface area is 215 Å². The van der Waals surface area contributed by atoms with Crippen LogP contribution in [0.3, 0.4) is 0 Å². The highest BCUT2D eigenvalue weighted by atomic mass is 19.1. The molecule has 0 aromatic heterocycles. The Kier molecular flexibility index (Phi) is 7.12. The van der Waals surface area contributed by atoms with Crippen molar-refractivity contribution in [2.45, 2.75) is 45.1 Å². The summed E-state index contributed by atoms with van der Waals surface area (Å²) in [6.07, 6.45) is 1.45. The SMILES string of the molecule is CCOc1ccc(CC(=O)O)cc1-c1ccc(F)c2c1CN(C(=O)CC1CCOc3ccccc31)CC2. The maximum absolute atomic E-state index is 14.9. The van der Waals surface area contributed by atoms with E-state index >= 15 is 0 Å². The van der Waals surface area contributed by atoms with Crippen LogP contribution >= 0.6 is 0 Å². The molecular formula is C30H30FNO5. The number of rotatable bonds is 7. The third-order valence-corrected chi connectivity index (χ3v) is 7.20. The van der Waals surface area contributed by atoms with E-state index in [0.29, 0.717) is 61.6 Å². The maximum atomic E-state index is 14.9. The number of benzene rings is 3. The summed E-state index contributed by atoms with van der Waals surface area (Å²) in [5, 5.41) is 9.29. The van der Waals surface area contributed by atoms with Crippen molar-refractivity contribution in [3.05, 3.63) is 82.7 Å². The highest BCUT2D eigenvalue weighted by Gasteiger charge is 2.30. The maximum Gasteiger partial charge on any atom is 0.307 e. The number of ether oxygens (including phenoxy) is 2. The number of nitrogens with zero attached hydrogens (tertiary/aromatic N) is 1. The summed E-state index contributed by atoms with van der Waals surface area (Å²) in [5.41, 5.74) is 4.52. The van der Waals surface area contributed by atoms with Gasteiger partial charge in [-0.05, 0) is 77.8 Å². The Morgan fingerprint density at radius 2 is 1.95 bits per heavy atom. The summed E-state index contributed by atoms with van der Waals surface area (Å²) in [6, 6.07) is 16.3. The standard InChI is InChI=1S/C30H30FNO5/c1-2-36-28-10-7-19(16-30(34)35)15-24(28)22-8-9-26(31)23-11-13-32(18-25(22)23)29(33)17-20-12-14-37-27-6-4-3-5-21(20)27/h3-10,15,20H,2,11-14,16-18H2,1H3,(H,34,35). The number of para-hydroxylation sites is 1. The first-order valence-electron chi connectivity index (χ1n) is 12.7. The molecule has 0 fully saturated rings. The molecule has 2 heterocycles. The quantitative estimate of drug-likeness (QED) is 0.470. The van der Waals surface area contributed by atoms with Crippen molar-refractivity contribution in [2.24, 2.45) is 0 Å². The molecule has 0 radical (unpaired) electrons. The zero-order valence-corrected chi connectivity index (χ0v) is 20.8. The van der Waals surface area contributed by atoms with E-state index in [2.05, 4.69) is 0 Å². The lowest BCUT2D eigenvalue weighted by atomic mass is 9.87. The molecule has 2 aliphatic rings. The molecule has 0 saturated heterocycles. The van der Waals surface area contributed by atoms with Crippen molar-refractivity contribution >= 4 is 11.9 Å². The van der Waals surface area contributed by atoms with Crippen LogP contribution in [-0.4, -0.2) is 41.6 Å². The molecular weight excluding hydrogens is 473 g/mol. The zero-order chi connectivity index (χ0) is 25.9. The van der Waals surface area contributed by atoms with Crippen LogP contribution in [-0.2, 0) is 29.0 Å². The van der Waals surface area contributed by atoms with Crippen LogP contribution in [0.2, 0.25) is 0 Å². The van der Waals surface area contributed by atoms with Crippen LogP contribution in [0.25, 0.3) is 11.1 Å². The van der Waals surface area contributed by atoms with Gasteiger partial charge in [0.1, 0.15) is 17.3 Å². The molecule has 0 saturated carbocycles. The largest absolute Gasteiger partial charge is 0.493 e. The van der Waals surface area contributed by atoms with Gasteiger partial charge in [-0.1, -0.05) is 30.3 Å². The average molecular weight is 504 g/mol. The van der Waals surface area contributed by atoms with E-state index in [1.807, 2.05) is 36.1 Å². The molecule has 192 valence electrons. The minimum Gasteiger partial charge on any atom is -0.493 e. The number of hydrogen-bond acceptors (Lipinski definition) is 4. The molecule has 3 aromatic rings. The van der Waals surface area contributed by atoms with Crippen LogP contribution in [0.1, 0.15) is 47.9 Å². The lowest BCUT2D eigenvalue weighted by molar-refractivity contribution is -0.136. The molecule has 7 heteroatoms. The Morgan fingerprint density at radius 1 is 1.11 bits per heavy atom. The summed E-state index contributed by atoms with van der Waals surface area (Å²) in [4.78, 5) is 26.6. The first-order chi connectivity index (χ1) is 17.9. The minimum atomic E-state index is -0.928. The van der Waals surface area contributed by atoms with Crippen molar-refractivity contribution in [3.8, 4) is 22.6 Å². The van der Waals surface area contributed by atoms with Crippen molar-refractivity contribution in [3.63, 3.8) is 0 Å². The fraction of sp³-hybridized carbons (Fsp3) is 0.333. The van der Waals surface area contributed by atoms with E-state index in [1.165, 1.54) is 6.07 Å². The van der Waals surface area contributed by atoms with Crippen molar-refractivity contribution in [1.29, 1.82) is 0 Å². The molecule has 1 amide bonds. The molecule has 1 N–H and O–H groups in total. The highest BCUT2D eigenvalue weighted by Crippen LogP contribution is 2.39. The smallest absolute Gasteiger partial charge is 0.307 e. The van der Waals surface area contributed by atoms with Gasteiger partial charge >= 0.3 is 5.97 Å². The Hall–Kier alpha value is -3.87. The van der Waals surface area contributed by atoms with Crippen LogP contribution < -0.4 is 9.47 Å². The van der Waals surface area contributed by atoms with Gasteiger partial charge in [0.2, 0.25) is 5.91 Å². The van der Waals surface area contributed by atoms with Gasteiger partial charge in [0.15, 0.2) is 0 Å². The molecule has 6 nitrogen and oxygen atoms in total. The summed E-state index contributed by atoms with van der Waals surface area (Å²) in [5.74, 6) is 0.346. The zero-order valence-electron chi connectivity index (χ0n) is 20.8. The number of halogens is 1. The molecule has 0 spiro atoms. The van der Waals surface area contributed by atoms with Gasteiger partial charge in [-0.3, -0.25) is 9.59 Å².